The molecule has 1 aliphatic rings. The van der Waals surface area contributed by atoms with Crippen molar-refractivity contribution in [3.63, 3.8) is 0 Å². The molecular weight excluding hydrogens is 456 g/mol. The zero-order valence-electron chi connectivity index (χ0n) is 17.9. The fourth-order valence-corrected chi connectivity index (χ4v) is 6.03. The van der Waals surface area contributed by atoms with Crippen molar-refractivity contribution in [2.24, 2.45) is 0 Å². The van der Waals surface area contributed by atoms with Crippen LogP contribution >= 0.6 is 11.3 Å². The van der Waals surface area contributed by atoms with E-state index in [1.165, 1.54) is 17.2 Å². The molecule has 2 aromatic carbocycles. The highest BCUT2D eigenvalue weighted by Gasteiger charge is 2.20. The highest BCUT2D eigenvalue weighted by molar-refractivity contribution is 7.93. The van der Waals surface area contributed by atoms with E-state index in [1.54, 1.807) is 40.6 Å². The number of hydrogen-bond acceptors (Lipinski definition) is 5. The summed E-state index contributed by atoms with van der Waals surface area (Å²) in [5, 5.41) is 4.39. The minimum atomic E-state index is -3.45. The van der Waals surface area contributed by atoms with Gasteiger partial charge < -0.3 is 10.2 Å². The number of carbonyl (C=O) groups is 2. The molecule has 0 fully saturated rings. The molecule has 1 N–H and O–H groups in total. The van der Waals surface area contributed by atoms with E-state index < -0.39 is 9.84 Å². The third-order valence-electron chi connectivity index (χ3n) is 5.46. The maximum absolute atomic E-state index is 12.8. The Hall–Kier alpha value is -3.23. The third-order valence-corrected chi connectivity index (χ3v) is 8.66. The predicted molar refractivity (Wildman–Crippen MR) is 131 cm³/mol. The molecule has 33 heavy (non-hydrogen) atoms. The van der Waals surface area contributed by atoms with Gasteiger partial charge in [0.1, 0.15) is 4.21 Å². The van der Waals surface area contributed by atoms with Crippen LogP contribution in [0.2, 0.25) is 0 Å². The number of amides is 2. The van der Waals surface area contributed by atoms with E-state index in [4.69, 9.17) is 0 Å². The van der Waals surface area contributed by atoms with Crippen LogP contribution in [0, 0.1) is 0 Å². The first-order chi connectivity index (χ1) is 15.9. The van der Waals surface area contributed by atoms with Crippen molar-refractivity contribution < 1.29 is 18.0 Å². The lowest BCUT2D eigenvalue weighted by atomic mass is 9.99. The summed E-state index contributed by atoms with van der Waals surface area (Å²) in [7, 11) is -3.45. The predicted octanol–water partition coefficient (Wildman–Crippen LogP) is 4.48. The van der Waals surface area contributed by atoms with E-state index in [1.807, 2.05) is 18.2 Å². The molecule has 0 atom stereocenters. The van der Waals surface area contributed by atoms with E-state index >= 15 is 0 Å². The number of sulfone groups is 1. The summed E-state index contributed by atoms with van der Waals surface area (Å²) in [6.45, 7) is 1.21. The minimum absolute atomic E-state index is 0.0571. The first-order valence-electron chi connectivity index (χ1n) is 10.6. The van der Waals surface area contributed by atoms with Crippen molar-refractivity contribution in [1.82, 2.24) is 4.90 Å². The molecule has 0 aliphatic carbocycles. The van der Waals surface area contributed by atoms with Crippen LogP contribution in [0.5, 0.6) is 0 Å². The van der Waals surface area contributed by atoms with Gasteiger partial charge >= 0.3 is 0 Å². The standard InChI is InChI=1S/C25H24N2O4S2/c28-23(14-18-33(30,31)24-7-4-17-32-24)26-22-10-8-21(9-11-22)25(29)27-15-12-20(13-16-27)19-5-2-1-3-6-19/h1-12,17H,13-16,18H2,(H,26,28). The second-order valence-corrected chi connectivity index (χ2v) is 11.0. The quantitative estimate of drug-likeness (QED) is 0.540. The largest absolute Gasteiger partial charge is 0.335 e. The molecule has 0 bridgehead atoms. The number of nitrogens with zero attached hydrogens (tertiary/aromatic N) is 1. The van der Waals surface area contributed by atoms with E-state index in [9.17, 15) is 18.0 Å². The number of hydrogen-bond donors (Lipinski definition) is 1. The average molecular weight is 481 g/mol. The molecule has 0 spiro atoms. The number of anilines is 1. The first-order valence-corrected chi connectivity index (χ1v) is 13.2. The molecule has 0 saturated carbocycles. The Morgan fingerprint density at radius 2 is 1.73 bits per heavy atom. The van der Waals surface area contributed by atoms with Crippen LogP contribution in [0.25, 0.3) is 5.57 Å². The molecule has 0 unspecified atom stereocenters. The van der Waals surface area contributed by atoms with Gasteiger partial charge in [-0.15, -0.1) is 11.3 Å². The second-order valence-electron chi connectivity index (χ2n) is 7.72. The molecule has 170 valence electrons. The maximum atomic E-state index is 12.8. The van der Waals surface area contributed by atoms with Crippen molar-refractivity contribution in [2.75, 3.05) is 24.2 Å². The summed E-state index contributed by atoms with van der Waals surface area (Å²) >= 11 is 1.14. The van der Waals surface area contributed by atoms with Crippen molar-refractivity contribution in [3.05, 3.63) is 89.3 Å². The fraction of sp³-hybridized carbons (Fsp3) is 0.200. The molecule has 1 aromatic heterocycles. The lowest BCUT2D eigenvalue weighted by molar-refractivity contribution is -0.115. The molecule has 2 heterocycles. The van der Waals surface area contributed by atoms with E-state index in [-0.39, 0.29) is 28.2 Å². The van der Waals surface area contributed by atoms with Crippen LogP contribution in [0.1, 0.15) is 28.8 Å². The molecule has 4 rings (SSSR count). The van der Waals surface area contributed by atoms with E-state index in [0.29, 0.717) is 24.3 Å². The van der Waals surface area contributed by atoms with Gasteiger partial charge in [0.2, 0.25) is 5.91 Å². The van der Waals surface area contributed by atoms with Crippen LogP contribution < -0.4 is 5.32 Å². The van der Waals surface area contributed by atoms with Gasteiger partial charge in [0.15, 0.2) is 9.84 Å². The molecule has 8 heteroatoms. The summed E-state index contributed by atoms with van der Waals surface area (Å²) < 4.78 is 24.7. The van der Waals surface area contributed by atoms with Gasteiger partial charge in [0, 0.05) is 30.8 Å². The molecule has 0 saturated heterocycles. The number of nitrogens with one attached hydrogen (secondary N) is 1. The first kappa shape index (κ1) is 22.9. The maximum Gasteiger partial charge on any atom is 0.254 e. The van der Waals surface area contributed by atoms with Gasteiger partial charge in [-0.3, -0.25) is 9.59 Å². The molecule has 6 nitrogen and oxygen atoms in total. The van der Waals surface area contributed by atoms with Gasteiger partial charge in [-0.05, 0) is 53.3 Å². The van der Waals surface area contributed by atoms with Crippen LogP contribution in [-0.4, -0.2) is 44.0 Å². The molecule has 3 aromatic rings. The average Bonchev–Trinajstić information content (AvgIpc) is 3.40. The Morgan fingerprint density at radius 3 is 2.36 bits per heavy atom. The normalized spacial score (nSPS) is 13.9. The van der Waals surface area contributed by atoms with Crippen molar-refractivity contribution in [3.8, 4) is 0 Å². The van der Waals surface area contributed by atoms with Gasteiger partial charge in [-0.1, -0.05) is 42.5 Å². The number of carbonyl (C=O) groups excluding carboxylic acids is 2. The number of thiophene rings is 1. The Bertz CT molecular complexity index is 1250. The second kappa shape index (κ2) is 10.1. The van der Waals surface area contributed by atoms with Crippen molar-refractivity contribution >= 4 is 44.2 Å². The molecular formula is C25H24N2O4S2. The van der Waals surface area contributed by atoms with Gasteiger partial charge in [0.05, 0.1) is 5.75 Å². The highest BCUT2D eigenvalue weighted by atomic mass is 32.2. The van der Waals surface area contributed by atoms with Crippen LogP contribution in [0.15, 0.2) is 82.4 Å². The third kappa shape index (κ3) is 5.77. The van der Waals surface area contributed by atoms with Gasteiger partial charge in [-0.25, -0.2) is 8.42 Å². The molecule has 1 aliphatic heterocycles. The summed E-state index contributed by atoms with van der Waals surface area (Å²) in [5.41, 5.74) is 3.51. The summed E-state index contributed by atoms with van der Waals surface area (Å²) in [6.07, 6.45) is 2.76. The lowest BCUT2D eigenvalue weighted by Crippen LogP contribution is -2.34. The van der Waals surface area contributed by atoms with Gasteiger partial charge in [-0.2, -0.15) is 0 Å². The Labute approximate surface area is 197 Å². The van der Waals surface area contributed by atoms with Crippen LogP contribution in [0.3, 0.4) is 0 Å². The van der Waals surface area contributed by atoms with E-state index in [0.717, 1.165) is 17.8 Å². The minimum Gasteiger partial charge on any atom is -0.335 e. The monoisotopic (exact) mass is 480 g/mol. The summed E-state index contributed by atoms with van der Waals surface area (Å²) in [5.74, 6) is -0.689. The van der Waals surface area contributed by atoms with Crippen molar-refractivity contribution in [2.45, 2.75) is 17.1 Å². The zero-order chi connectivity index (χ0) is 23.3. The molecule has 0 radical (unpaired) electrons. The Morgan fingerprint density at radius 1 is 0.970 bits per heavy atom. The summed E-state index contributed by atoms with van der Waals surface area (Å²) in [4.78, 5) is 26.8. The number of rotatable bonds is 7. The number of benzene rings is 2. The lowest BCUT2D eigenvalue weighted by Gasteiger charge is -2.27. The van der Waals surface area contributed by atoms with Crippen LogP contribution in [-0.2, 0) is 14.6 Å². The Kier molecular flexibility index (Phi) is 7.05. The SMILES string of the molecule is O=C(CCS(=O)(=O)c1cccs1)Nc1ccc(C(=O)N2CC=C(c3ccccc3)CC2)cc1. The van der Waals surface area contributed by atoms with E-state index in [2.05, 4.69) is 23.5 Å². The smallest absolute Gasteiger partial charge is 0.254 e. The zero-order valence-corrected chi connectivity index (χ0v) is 19.6. The highest BCUT2D eigenvalue weighted by Crippen LogP contribution is 2.23. The van der Waals surface area contributed by atoms with Crippen LogP contribution in [0.4, 0.5) is 5.69 Å². The fourth-order valence-electron chi connectivity index (χ4n) is 3.64. The Balaban J connectivity index is 1.30. The molecule has 2 amide bonds. The van der Waals surface area contributed by atoms with Crippen molar-refractivity contribution in [1.29, 1.82) is 0 Å². The summed E-state index contributed by atoms with van der Waals surface area (Å²) in [6, 6.07) is 20.0. The van der Waals surface area contributed by atoms with Gasteiger partial charge in [0.25, 0.3) is 5.91 Å². The topological polar surface area (TPSA) is 83.5 Å².